The first-order chi connectivity index (χ1) is 11.2. The van der Waals surface area contributed by atoms with E-state index in [0.29, 0.717) is 23.1 Å². The van der Waals surface area contributed by atoms with Crippen LogP contribution in [0.1, 0.15) is 30.2 Å². The summed E-state index contributed by atoms with van der Waals surface area (Å²) in [6.07, 6.45) is 2.25. The second-order valence-corrected chi connectivity index (χ2v) is 5.58. The Morgan fingerprint density at radius 2 is 1.83 bits per heavy atom. The van der Waals surface area contributed by atoms with E-state index in [0.717, 1.165) is 29.7 Å². The van der Waals surface area contributed by atoms with Gasteiger partial charge in [0, 0.05) is 18.4 Å². The molecule has 2 aromatic carbocycles. The van der Waals surface area contributed by atoms with Gasteiger partial charge in [0.05, 0.1) is 12.5 Å². The highest BCUT2D eigenvalue weighted by atomic mass is 16.5. The predicted octanol–water partition coefficient (Wildman–Crippen LogP) is 4.34. The Bertz CT molecular complexity index is 863. The van der Waals surface area contributed by atoms with Crippen molar-refractivity contribution < 1.29 is 9.15 Å². The van der Waals surface area contributed by atoms with Gasteiger partial charge in [-0.1, -0.05) is 43.3 Å². The minimum atomic E-state index is 0.0393. The van der Waals surface area contributed by atoms with E-state index in [1.54, 1.807) is 13.2 Å². The highest BCUT2D eigenvalue weighted by Gasteiger charge is 2.16. The van der Waals surface area contributed by atoms with Crippen molar-refractivity contribution in [2.75, 3.05) is 7.11 Å². The number of ether oxygens (including phenoxy) is 1. The van der Waals surface area contributed by atoms with Gasteiger partial charge in [-0.2, -0.15) is 0 Å². The molecule has 1 aromatic heterocycles. The lowest BCUT2D eigenvalue weighted by molar-refractivity contribution is 0.404. The fourth-order valence-electron chi connectivity index (χ4n) is 2.84. The molecule has 3 aromatic rings. The minimum Gasteiger partial charge on any atom is -0.493 e. The first-order valence-electron chi connectivity index (χ1n) is 7.90. The van der Waals surface area contributed by atoms with Crippen LogP contribution < -0.4 is 10.2 Å². The van der Waals surface area contributed by atoms with Crippen LogP contribution in [-0.4, -0.2) is 7.11 Å². The van der Waals surface area contributed by atoms with Crippen LogP contribution in [-0.2, 0) is 12.8 Å². The molecule has 3 nitrogen and oxygen atoms in total. The molecule has 3 heteroatoms. The Morgan fingerprint density at radius 1 is 1.04 bits per heavy atom. The summed E-state index contributed by atoms with van der Waals surface area (Å²) < 4.78 is 11.4. The normalized spacial score (nSPS) is 10.9. The van der Waals surface area contributed by atoms with E-state index >= 15 is 0 Å². The first kappa shape index (κ1) is 15.3. The topological polar surface area (TPSA) is 39.4 Å². The number of hydrogen-bond donors (Lipinski definition) is 0. The van der Waals surface area contributed by atoms with Crippen LogP contribution in [0.2, 0.25) is 0 Å². The van der Waals surface area contributed by atoms with E-state index in [1.807, 2.05) is 42.5 Å². The Morgan fingerprint density at radius 3 is 2.52 bits per heavy atom. The molecule has 0 aliphatic rings. The maximum absolute atomic E-state index is 13.0. The molecule has 1 heterocycles. The number of aryl methyl sites for hydroxylation is 1. The highest BCUT2D eigenvalue weighted by Crippen LogP contribution is 2.27. The van der Waals surface area contributed by atoms with Crippen molar-refractivity contribution in [2.24, 2.45) is 0 Å². The predicted molar refractivity (Wildman–Crippen MR) is 92.3 cm³/mol. The van der Waals surface area contributed by atoms with Gasteiger partial charge >= 0.3 is 0 Å². The molecule has 0 N–H and O–H groups in total. The third-order valence-corrected chi connectivity index (χ3v) is 3.98. The van der Waals surface area contributed by atoms with Crippen LogP contribution in [0.25, 0.3) is 11.0 Å². The van der Waals surface area contributed by atoms with Gasteiger partial charge < -0.3 is 9.15 Å². The molecule has 0 aliphatic heterocycles. The average molecular weight is 308 g/mol. The molecule has 0 aliphatic carbocycles. The maximum atomic E-state index is 13.0. The lowest BCUT2D eigenvalue weighted by Crippen LogP contribution is -2.14. The van der Waals surface area contributed by atoms with Crippen LogP contribution in [0.4, 0.5) is 0 Å². The summed E-state index contributed by atoms with van der Waals surface area (Å²) in [5, 5.41) is 0.579. The van der Waals surface area contributed by atoms with Crippen LogP contribution in [0.15, 0.2) is 57.7 Å². The summed E-state index contributed by atoms with van der Waals surface area (Å²) in [5.41, 5.74) is 2.44. The second-order valence-electron chi connectivity index (χ2n) is 5.58. The summed E-state index contributed by atoms with van der Waals surface area (Å²) in [5.74, 6) is 1.36. The van der Waals surface area contributed by atoms with Gasteiger partial charge in [-0.15, -0.1) is 0 Å². The first-order valence-corrected chi connectivity index (χ1v) is 7.90. The Balaban J connectivity index is 2.21. The fraction of sp³-hybridized carbons (Fsp3) is 0.250. The lowest BCUT2D eigenvalue weighted by atomic mass is 10.00. The second kappa shape index (κ2) is 6.69. The van der Waals surface area contributed by atoms with Gasteiger partial charge in [0.2, 0.25) is 0 Å². The van der Waals surface area contributed by atoms with Crippen LogP contribution in [0.3, 0.4) is 0 Å². The van der Waals surface area contributed by atoms with Crippen molar-refractivity contribution in [2.45, 2.75) is 26.2 Å². The molecule has 0 saturated carbocycles. The minimum absolute atomic E-state index is 0.0393. The molecule has 118 valence electrons. The molecule has 23 heavy (non-hydrogen) atoms. The smallest absolute Gasteiger partial charge is 0.196 e. The number of hydrogen-bond acceptors (Lipinski definition) is 3. The van der Waals surface area contributed by atoms with Crippen LogP contribution >= 0.6 is 0 Å². The standard InChI is InChI=1S/C20H20O3/c1-3-8-17-16(13-14-9-5-4-6-10-14)19(21)15-11-7-12-18(22-2)20(15)23-17/h4-7,9-12H,3,8,13H2,1-2H3. The Labute approximate surface area is 135 Å². The van der Waals surface area contributed by atoms with E-state index in [9.17, 15) is 4.79 Å². The quantitative estimate of drug-likeness (QED) is 0.703. The van der Waals surface area contributed by atoms with Crippen LogP contribution in [0, 0.1) is 0 Å². The summed E-state index contributed by atoms with van der Waals surface area (Å²) in [6.45, 7) is 2.08. The van der Waals surface area contributed by atoms with E-state index in [-0.39, 0.29) is 5.43 Å². The molecular formula is C20H20O3. The number of methoxy groups -OCH3 is 1. The molecule has 0 amide bonds. The summed E-state index contributed by atoms with van der Waals surface area (Å²) in [4.78, 5) is 13.0. The largest absolute Gasteiger partial charge is 0.493 e. The molecule has 0 unspecified atom stereocenters. The fourth-order valence-corrected chi connectivity index (χ4v) is 2.84. The van der Waals surface area contributed by atoms with Gasteiger partial charge in [0.15, 0.2) is 16.8 Å². The molecule has 3 rings (SSSR count). The van der Waals surface area contributed by atoms with Gasteiger partial charge in [0.1, 0.15) is 5.76 Å². The SMILES string of the molecule is CCCc1oc2c(OC)cccc2c(=O)c1Cc1ccccc1. The zero-order valence-corrected chi connectivity index (χ0v) is 13.5. The maximum Gasteiger partial charge on any atom is 0.196 e. The summed E-state index contributed by atoms with van der Waals surface area (Å²) in [7, 11) is 1.59. The van der Waals surface area contributed by atoms with Crippen molar-refractivity contribution in [3.8, 4) is 5.75 Å². The Hall–Kier alpha value is -2.55. The molecule has 0 bridgehead atoms. The summed E-state index contributed by atoms with van der Waals surface area (Å²) in [6, 6.07) is 15.5. The molecule has 0 spiro atoms. The summed E-state index contributed by atoms with van der Waals surface area (Å²) >= 11 is 0. The van der Waals surface area contributed by atoms with Crippen molar-refractivity contribution in [3.63, 3.8) is 0 Å². The third-order valence-electron chi connectivity index (χ3n) is 3.98. The van der Waals surface area contributed by atoms with E-state index in [4.69, 9.17) is 9.15 Å². The molecule has 0 fully saturated rings. The van der Waals surface area contributed by atoms with E-state index < -0.39 is 0 Å². The van der Waals surface area contributed by atoms with Crippen molar-refractivity contribution in [3.05, 3.63) is 75.6 Å². The van der Waals surface area contributed by atoms with Crippen molar-refractivity contribution >= 4 is 11.0 Å². The lowest BCUT2D eigenvalue weighted by Gasteiger charge is -2.11. The number of fused-ring (bicyclic) bond motifs is 1. The molecular weight excluding hydrogens is 288 g/mol. The van der Waals surface area contributed by atoms with Gasteiger partial charge in [-0.05, 0) is 24.1 Å². The third kappa shape index (κ3) is 3.00. The van der Waals surface area contributed by atoms with Crippen LogP contribution in [0.5, 0.6) is 5.75 Å². The van der Waals surface area contributed by atoms with Gasteiger partial charge in [0.25, 0.3) is 0 Å². The zero-order chi connectivity index (χ0) is 16.2. The Kier molecular flexibility index (Phi) is 4.47. The molecule has 0 radical (unpaired) electrons. The molecule has 0 saturated heterocycles. The molecule has 0 atom stereocenters. The van der Waals surface area contributed by atoms with Gasteiger partial charge in [-0.25, -0.2) is 0 Å². The van der Waals surface area contributed by atoms with Crippen molar-refractivity contribution in [1.29, 1.82) is 0 Å². The average Bonchev–Trinajstić information content (AvgIpc) is 2.59. The zero-order valence-electron chi connectivity index (χ0n) is 13.5. The van der Waals surface area contributed by atoms with E-state index in [1.165, 1.54) is 0 Å². The highest BCUT2D eigenvalue weighted by molar-refractivity contribution is 5.83. The number of rotatable bonds is 5. The van der Waals surface area contributed by atoms with Crippen molar-refractivity contribution in [1.82, 2.24) is 0 Å². The van der Waals surface area contributed by atoms with Gasteiger partial charge in [-0.3, -0.25) is 4.79 Å². The monoisotopic (exact) mass is 308 g/mol. The number of benzene rings is 2. The van der Waals surface area contributed by atoms with E-state index in [2.05, 4.69) is 6.92 Å². The number of para-hydroxylation sites is 1.